The van der Waals surface area contributed by atoms with E-state index in [0.717, 1.165) is 22.4 Å². The van der Waals surface area contributed by atoms with E-state index < -0.39 is 17.8 Å². The quantitative estimate of drug-likeness (QED) is 0.266. The molecule has 3 aromatic rings. The van der Waals surface area contributed by atoms with Crippen molar-refractivity contribution < 1.29 is 14.3 Å². The Morgan fingerprint density at radius 1 is 1.23 bits per heavy atom. The lowest BCUT2D eigenvalue weighted by atomic mass is 10.0. The summed E-state index contributed by atoms with van der Waals surface area (Å²) in [6.07, 6.45) is 5.01. The van der Waals surface area contributed by atoms with Gasteiger partial charge in [-0.25, -0.2) is 9.37 Å². The van der Waals surface area contributed by atoms with Gasteiger partial charge in [0.25, 0.3) is 5.91 Å². The Morgan fingerprint density at radius 2 is 1.89 bits per heavy atom. The molecule has 1 aliphatic heterocycles. The molecule has 1 saturated heterocycles. The summed E-state index contributed by atoms with van der Waals surface area (Å²) in [7, 11) is 0. The van der Waals surface area contributed by atoms with Gasteiger partial charge in [-0.05, 0) is 68.5 Å². The van der Waals surface area contributed by atoms with Crippen molar-refractivity contribution in [2.45, 2.75) is 86.9 Å². The van der Waals surface area contributed by atoms with E-state index in [1.54, 1.807) is 12.3 Å². The number of carbonyl (C=O) groups is 1. The van der Waals surface area contributed by atoms with Gasteiger partial charge >= 0.3 is 0 Å². The van der Waals surface area contributed by atoms with E-state index in [9.17, 15) is 14.3 Å². The van der Waals surface area contributed by atoms with Crippen molar-refractivity contribution >= 4 is 41.7 Å². The number of benzene rings is 2. The first-order valence-corrected chi connectivity index (χ1v) is 15.7. The Balaban J connectivity index is 0.000000876. The Labute approximate surface area is 267 Å². The van der Waals surface area contributed by atoms with Crippen molar-refractivity contribution in [3.05, 3.63) is 80.3 Å². The number of likely N-dealkylation sites (tertiary alicyclic amines) is 1. The van der Waals surface area contributed by atoms with Crippen LogP contribution >= 0.6 is 11.6 Å². The third-order valence-corrected chi connectivity index (χ3v) is 6.89. The molecule has 0 saturated carbocycles. The van der Waals surface area contributed by atoms with Gasteiger partial charge in [-0.3, -0.25) is 14.7 Å². The zero-order chi connectivity index (χ0) is 33.0. The average Bonchev–Trinajstić information content (AvgIpc) is 3.36. The molecule has 3 N–H and O–H groups in total. The molecule has 240 valence electrons. The van der Waals surface area contributed by atoms with Crippen LogP contribution in [0.2, 0.25) is 5.02 Å². The number of anilines is 2. The molecule has 2 heterocycles. The zero-order valence-corrected chi connectivity index (χ0v) is 28.2. The summed E-state index contributed by atoms with van der Waals surface area (Å²) in [5, 5.41) is 17.4. The molecular formula is C35H49ClFN5O2. The molecule has 0 aliphatic carbocycles. The third kappa shape index (κ3) is 11.3. The van der Waals surface area contributed by atoms with Gasteiger partial charge in [0.1, 0.15) is 11.6 Å². The van der Waals surface area contributed by atoms with E-state index in [2.05, 4.69) is 61.8 Å². The van der Waals surface area contributed by atoms with Gasteiger partial charge in [0.05, 0.1) is 29.0 Å². The number of halogens is 2. The van der Waals surface area contributed by atoms with Gasteiger partial charge in [0, 0.05) is 41.5 Å². The second-order valence-electron chi connectivity index (χ2n) is 11.8. The summed E-state index contributed by atoms with van der Waals surface area (Å²) >= 11 is 6.36. The second kappa shape index (κ2) is 17.8. The van der Waals surface area contributed by atoms with Gasteiger partial charge in [0.2, 0.25) is 0 Å². The maximum absolute atomic E-state index is 14.9. The zero-order valence-electron chi connectivity index (χ0n) is 27.5. The summed E-state index contributed by atoms with van der Waals surface area (Å²) in [5.41, 5.74) is 3.02. The van der Waals surface area contributed by atoms with Gasteiger partial charge < -0.3 is 15.7 Å². The largest absolute Gasteiger partial charge is 0.392 e. The van der Waals surface area contributed by atoms with E-state index in [0.29, 0.717) is 41.9 Å². The fourth-order valence-corrected chi connectivity index (χ4v) is 4.77. The van der Waals surface area contributed by atoms with E-state index in [-0.39, 0.29) is 23.2 Å². The van der Waals surface area contributed by atoms with E-state index >= 15 is 0 Å². The maximum atomic E-state index is 14.9. The number of β-amino-alcohol motifs (C(OH)–C–C–N with tert-alkyl or cyclic N) is 1. The normalized spacial score (nSPS) is 15.6. The molecule has 4 rings (SSSR count). The summed E-state index contributed by atoms with van der Waals surface area (Å²) in [4.78, 5) is 23.7. The predicted molar refractivity (Wildman–Crippen MR) is 182 cm³/mol. The van der Waals surface area contributed by atoms with Crippen LogP contribution in [0.3, 0.4) is 0 Å². The van der Waals surface area contributed by atoms with Crippen molar-refractivity contribution in [1.82, 2.24) is 14.9 Å². The number of amides is 1. The molecular weight excluding hydrogens is 577 g/mol. The second-order valence-corrected chi connectivity index (χ2v) is 12.2. The van der Waals surface area contributed by atoms with Crippen molar-refractivity contribution in [2.24, 2.45) is 5.92 Å². The van der Waals surface area contributed by atoms with E-state index in [1.807, 2.05) is 43.9 Å². The van der Waals surface area contributed by atoms with Gasteiger partial charge in [-0.2, -0.15) is 0 Å². The third-order valence-electron chi connectivity index (χ3n) is 6.55. The fraction of sp³-hybridized carbons (Fsp3) is 0.457. The number of nitrogens with one attached hydrogen (secondary N) is 2. The van der Waals surface area contributed by atoms with Crippen molar-refractivity contribution in [3.8, 4) is 0 Å². The molecule has 1 amide bonds. The highest BCUT2D eigenvalue weighted by Crippen LogP contribution is 2.27. The maximum Gasteiger partial charge on any atom is 0.255 e. The number of nitrogens with zero attached hydrogens (tertiary/aromatic N) is 3. The minimum absolute atomic E-state index is 0.128. The number of aliphatic hydroxyl groups is 1. The number of aryl methyl sites for hydroxylation is 1. The lowest BCUT2D eigenvalue weighted by molar-refractivity contribution is 0.102. The Hall–Kier alpha value is -3.33. The van der Waals surface area contributed by atoms with Crippen LogP contribution in [0, 0.1) is 18.7 Å². The molecule has 2 atom stereocenters. The predicted octanol–water partition coefficient (Wildman–Crippen LogP) is 6.86. The van der Waals surface area contributed by atoms with Crippen LogP contribution in [0.1, 0.15) is 94.4 Å². The molecule has 9 heteroatoms. The average molecular weight is 626 g/mol. The molecule has 1 aromatic heterocycles. The van der Waals surface area contributed by atoms with Crippen molar-refractivity contribution in [2.75, 3.05) is 23.7 Å². The lowest BCUT2D eigenvalue weighted by Gasteiger charge is -2.19. The highest BCUT2D eigenvalue weighted by molar-refractivity contribution is 6.31. The number of hydrogen-bond donors (Lipinski definition) is 3. The molecule has 2 aromatic carbocycles. The van der Waals surface area contributed by atoms with Gasteiger partial charge in [-0.15, -0.1) is 0 Å². The Kier molecular flexibility index (Phi) is 14.9. The van der Waals surface area contributed by atoms with Crippen molar-refractivity contribution in [1.29, 1.82) is 0 Å². The van der Waals surface area contributed by atoms with Crippen LogP contribution in [0.4, 0.5) is 15.9 Å². The molecule has 0 spiro atoms. The van der Waals surface area contributed by atoms with Crippen LogP contribution in [-0.4, -0.2) is 45.1 Å². The van der Waals surface area contributed by atoms with Crippen LogP contribution in [0.15, 0.2) is 36.5 Å². The first kappa shape index (κ1) is 36.9. The SMILES string of the molecule is C=c1nc(NC(C)c2cc(NC(=O)c3cc(F)c(CN4CC[C@@H](O)C4)c(Cl)c3)ccc2C)cn/c1=C/C.CC(C)C.CCC. The molecule has 44 heavy (non-hydrogen) atoms. The first-order chi connectivity index (χ1) is 20.8. The van der Waals surface area contributed by atoms with Gasteiger partial charge in [-0.1, -0.05) is 71.4 Å². The highest BCUT2D eigenvalue weighted by Gasteiger charge is 2.23. The van der Waals surface area contributed by atoms with E-state index in [1.165, 1.54) is 18.6 Å². The molecule has 7 nitrogen and oxygen atoms in total. The Bertz CT molecular complexity index is 1470. The monoisotopic (exact) mass is 625 g/mol. The molecule has 1 fully saturated rings. The molecule has 1 aliphatic rings. The molecule has 0 radical (unpaired) electrons. The van der Waals surface area contributed by atoms with E-state index in [4.69, 9.17) is 11.6 Å². The smallest absolute Gasteiger partial charge is 0.255 e. The first-order valence-electron chi connectivity index (χ1n) is 15.3. The van der Waals surface area contributed by atoms with Crippen LogP contribution in [0.25, 0.3) is 12.7 Å². The minimum Gasteiger partial charge on any atom is -0.392 e. The molecule has 1 unspecified atom stereocenters. The summed E-state index contributed by atoms with van der Waals surface area (Å²) in [6, 6.07) is 8.15. The van der Waals surface area contributed by atoms with Crippen LogP contribution < -0.4 is 21.3 Å². The number of carbonyl (C=O) groups excluding carboxylic acids is 1. The topological polar surface area (TPSA) is 90.4 Å². The van der Waals surface area contributed by atoms with Crippen LogP contribution in [-0.2, 0) is 6.54 Å². The minimum atomic E-state index is -0.543. The summed E-state index contributed by atoms with van der Waals surface area (Å²) in [6.45, 7) is 22.0. The number of hydrogen-bond acceptors (Lipinski definition) is 6. The number of rotatable bonds is 7. The number of aromatic nitrogens is 2. The van der Waals surface area contributed by atoms with Crippen LogP contribution in [0.5, 0.6) is 0 Å². The Morgan fingerprint density at radius 3 is 2.43 bits per heavy atom. The highest BCUT2D eigenvalue weighted by atomic mass is 35.5. The molecule has 0 bridgehead atoms. The van der Waals surface area contributed by atoms with Gasteiger partial charge in [0.15, 0.2) is 0 Å². The summed E-state index contributed by atoms with van der Waals surface area (Å²) in [5.74, 6) is 0.433. The fourth-order valence-electron chi connectivity index (χ4n) is 4.50. The standard InChI is InChI=1S/C28H31ClFN5O2.C4H10.C3H8/c1-5-26-18(4)33-27(13-31-26)32-17(3)22-12-20(7-6-16(22)2)34-28(37)19-10-24(29)23(25(30)11-19)15-35-9-8-21(36)14-35;1-4(2)3;1-3-2/h5-7,10-13,17,21,36H,4,8-9,14-15H2,1-3H3,(H,32,33)(H,34,37);4H,1-3H3;3H2,1-2H3/b26-5+;;/t17?,21-;;/m1../s1. The summed E-state index contributed by atoms with van der Waals surface area (Å²) < 4.78 is 14.9. The number of aliphatic hydroxyl groups excluding tert-OH is 1. The lowest BCUT2D eigenvalue weighted by Crippen LogP contribution is -2.30. The van der Waals surface area contributed by atoms with Crippen molar-refractivity contribution in [3.63, 3.8) is 0 Å².